The van der Waals surface area contributed by atoms with Crippen LogP contribution in [0.1, 0.15) is 18.4 Å². The number of hydrogen-bond acceptors (Lipinski definition) is 4. The smallest absolute Gasteiger partial charge is 0.240 e. The van der Waals surface area contributed by atoms with Gasteiger partial charge in [-0.15, -0.1) is 0 Å². The van der Waals surface area contributed by atoms with Crippen molar-refractivity contribution >= 4 is 17.5 Å². The number of carbonyl (C=O) groups excluding carboxylic acids is 2. The first-order valence-electron chi connectivity index (χ1n) is 8.71. The van der Waals surface area contributed by atoms with E-state index < -0.39 is 0 Å². The lowest BCUT2D eigenvalue weighted by molar-refractivity contribution is -0.140. The number of hydrogen-bond donors (Lipinski definition) is 1. The molecule has 0 saturated carbocycles. The molecule has 2 saturated heterocycles. The minimum Gasteiger partial charge on any atom is -0.378 e. The molecule has 6 nitrogen and oxygen atoms in total. The molecule has 2 aliphatic heterocycles. The molecule has 1 unspecified atom stereocenters. The molecule has 2 amide bonds. The Labute approximate surface area is 146 Å². The van der Waals surface area contributed by atoms with E-state index in [2.05, 4.69) is 5.32 Å². The largest absolute Gasteiger partial charge is 0.378 e. The molecule has 1 atom stereocenters. The number of anilines is 1. The maximum absolute atomic E-state index is 13.6. The quantitative estimate of drug-likeness (QED) is 0.893. The zero-order chi connectivity index (χ0) is 17.8. The summed E-state index contributed by atoms with van der Waals surface area (Å²) in [5, 5.41) is 2.71. The van der Waals surface area contributed by atoms with Crippen molar-refractivity contribution in [1.82, 2.24) is 9.80 Å². The van der Waals surface area contributed by atoms with Crippen molar-refractivity contribution in [2.75, 3.05) is 44.7 Å². The van der Waals surface area contributed by atoms with Gasteiger partial charge in [0.2, 0.25) is 11.8 Å². The lowest BCUT2D eigenvalue weighted by Crippen LogP contribution is -2.50. The lowest BCUT2D eigenvalue weighted by atomic mass is 10.2. The third-order valence-electron chi connectivity index (χ3n) is 4.77. The van der Waals surface area contributed by atoms with Gasteiger partial charge in [0.15, 0.2) is 0 Å². The second kappa shape index (κ2) is 7.93. The molecule has 3 rings (SSSR count). The Morgan fingerprint density at radius 3 is 2.76 bits per heavy atom. The van der Waals surface area contributed by atoms with E-state index >= 15 is 0 Å². The summed E-state index contributed by atoms with van der Waals surface area (Å²) in [7, 11) is 0. The Balaban J connectivity index is 1.57. The molecule has 1 aromatic carbocycles. The highest BCUT2D eigenvalue weighted by Crippen LogP contribution is 2.20. The van der Waals surface area contributed by atoms with E-state index in [0.29, 0.717) is 37.6 Å². The van der Waals surface area contributed by atoms with Crippen LogP contribution in [-0.2, 0) is 14.3 Å². The maximum Gasteiger partial charge on any atom is 0.240 e. The van der Waals surface area contributed by atoms with E-state index in [-0.39, 0.29) is 30.2 Å². The van der Waals surface area contributed by atoms with Crippen molar-refractivity contribution in [3.63, 3.8) is 0 Å². The normalized spacial score (nSPS) is 21.4. The molecule has 0 aromatic heterocycles. The minimum atomic E-state index is -0.348. The van der Waals surface area contributed by atoms with E-state index in [4.69, 9.17) is 4.74 Å². The van der Waals surface area contributed by atoms with E-state index in [1.54, 1.807) is 19.1 Å². The van der Waals surface area contributed by atoms with Crippen molar-refractivity contribution in [3.8, 4) is 0 Å². The fraction of sp³-hybridized carbons (Fsp3) is 0.556. The Kier molecular flexibility index (Phi) is 5.65. The fourth-order valence-electron chi connectivity index (χ4n) is 3.35. The van der Waals surface area contributed by atoms with Crippen molar-refractivity contribution in [2.45, 2.75) is 25.8 Å². The third-order valence-corrected chi connectivity index (χ3v) is 4.77. The third kappa shape index (κ3) is 4.35. The van der Waals surface area contributed by atoms with Crippen molar-refractivity contribution < 1.29 is 18.7 Å². The van der Waals surface area contributed by atoms with Gasteiger partial charge in [0.25, 0.3) is 0 Å². The van der Waals surface area contributed by atoms with E-state index in [1.807, 2.05) is 9.80 Å². The SMILES string of the molecule is Cc1ccc(NC(=O)CN2CCCC2C(=O)N2CCOCC2)cc1F. The number of rotatable bonds is 4. The van der Waals surface area contributed by atoms with Crippen LogP contribution in [0.3, 0.4) is 0 Å². The monoisotopic (exact) mass is 349 g/mol. The molecule has 136 valence electrons. The second-order valence-electron chi connectivity index (χ2n) is 6.58. The molecule has 1 N–H and O–H groups in total. The van der Waals surface area contributed by atoms with Gasteiger partial charge in [-0.1, -0.05) is 6.07 Å². The van der Waals surface area contributed by atoms with E-state index in [0.717, 1.165) is 19.4 Å². The molecule has 0 aliphatic carbocycles. The van der Waals surface area contributed by atoms with E-state index in [1.165, 1.54) is 6.07 Å². The summed E-state index contributed by atoms with van der Waals surface area (Å²) < 4.78 is 18.9. The van der Waals surface area contributed by atoms with Gasteiger partial charge >= 0.3 is 0 Å². The molecule has 1 aromatic rings. The number of ether oxygens (including phenoxy) is 1. The number of nitrogens with zero attached hydrogens (tertiary/aromatic N) is 2. The van der Waals surface area contributed by atoms with Crippen molar-refractivity contribution in [2.24, 2.45) is 0 Å². The molecule has 0 bridgehead atoms. The number of carbonyl (C=O) groups is 2. The fourth-order valence-corrected chi connectivity index (χ4v) is 3.35. The molecule has 7 heteroatoms. The van der Waals surface area contributed by atoms with Gasteiger partial charge in [-0.25, -0.2) is 4.39 Å². The van der Waals surface area contributed by atoms with Gasteiger partial charge in [0.1, 0.15) is 5.82 Å². The first kappa shape index (κ1) is 17.8. The van der Waals surface area contributed by atoms with Crippen molar-refractivity contribution in [1.29, 1.82) is 0 Å². The molecular weight excluding hydrogens is 325 g/mol. The summed E-state index contributed by atoms with van der Waals surface area (Å²) in [4.78, 5) is 28.7. The number of morpholine rings is 1. The summed E-state index contributed by atoms with van der Waals surface area (Å²) in [6.45, 7) is 4.88. The van der Waals surface area contributed by atoms with Crippen LogP contribution >= 0.6 is 0 Å². The van der Waals surface area contributed by atoms with Gasteiger partial charge in [0, 0.05) is 18.8 Å². The van der Waals surface area contributed by atoms with Gasteiger partial charge in [-0.05, 0) is 44.0 Å². The molecule has 0 radical (unpaired) electrons. The Bertz CT molecular complexity index is 646. The van der Waals surface area contributed by atoms with Gasteiger partial charge in [-0.2, -0.15) is 0 Å². The summed E-state index contributed by atoms with van der Waals surface area (Å²) in [6, 6.07) is 4.37. The Hall–Kier alpha value is -1.99. The summed E-state index contributed by atoms with van der Waals surface area (Å²) >= 11 is 0. The Morgan fingerprint density at radius 1 is 1.28 bits per heavy atom. The van der Waals surface area contributed by atoms with Crippen LogP contribution in [0.5, 0.6) is 0 Å². The van der Waals surface area contributed by atoms with Gasteiger partial charge < -0.3 is 15.0 Å². The summed E-state index contributed by atoms with van der Waals surface area (Å²) in [6.07, 6.45) is 1.66. The highest BCUT2D eigenvalue weighted by Gasteiger charge is 2.35. The molecule has 0 spiro atoms. The number of aryl methyl sites for hydroxylation is 1. The number of halogens is 1. The molecule has 2 fully saturated rings. The van der Waals surface area contributed by atoms with Crippen molar-refractivity contribution in [3.05, 3.63) is 29.6 Å². The van der Waals surface area contributed by atoms with Crippen LogP contribution in [0, 0.1) is 12.7 Å². The van der Waals surface area contributed by atoms with Gasteiger partial charge in [0.05, 0.1) is 25.8 Å². The van der Waals surface area contributed by atoms with Crippen LogP contribution in [0.4, 0.5) is 10.1 Å². The molecule has 25 heavy (non-hydrogen) atoms. The standard InChI is InChI=1S/C18H24FN3O3/c1-13-4-5-14(11-15(13)19)20-17(23)12-22-6-2-3-16(22)18(24)21-7-9-25-10-8-21/h4-5,11,16H,2-3,6-10,12H2,1H3,(H,20,23). The topological polar surface area (TPSA) is 61.9 Å². The summed E-state index contributed by atoms with van der Waals surface area (Å²) in [5.41, 5.74) is 0.970. The Morgan fingerprint density at radius 2 is 2.04 bits per heavy atom. The minimum absolute atomic E-state index is 0.0787. The molecule has 2 aliphatic rings. The van der Waals surface area contributed by atoms with E-state index in [9.17, 15) is 14.0 Å². The highest BCUT2D eigenvalue weighted by atomic mass is 19.1. The summed E-state index contributed by atoms with van der Waals surface area (Å²) in [5.74, 6) is -0.501. The predicted molar refractivity (Wildman–Crippen MR) is 91.8 cm³/mol. The average Bonchev–Trinajstić information content (AvgIpc) is 3.06. The number of amides is 2. The lowest BCUT2D eigenvalue weighted by Gasteiger charge is -2.32. The second-order valence-corrected chi connectivity index (χ2v) is 6.58. The molecular formula is C18H24FN3O3. The number of likely N-dealkylation sites (tertiary alicyclic amines) is 1. The van der Waals surface area contributed by atoms with Crippen LogP contribution in [0.25, 0.3) is 0 Å². The predicted octanol–water partition coefficient (Wildman–Crippen LogP) is 1.40. The van der Waals surface area contributed by atoms with Crippen LogP contribution in [0.2, 0.25) is 0 Å². The number of nitrogens with one attached hydrogen (secondary N) is 1. The van der Waals surface area contributed by atoms with Crippen LogP contribution in [-0.4, -0.2) is 67.0 Å². The average molecular weight is 349 g/mol. The van der Waals surface area contributed by atoms with Crippen LogP contribution in [0.15, 0.2) is 18.2 Å². The number of benzene rings is 1. The first-order valence-corrected chi connectivity index (χ1v) is 8.71. The molecule has 2 heterocycles. The zero-order valence-corrected chi connectivity index (χ0v) is 14.5. The zero-order valence-electron chi connectivity index (χ0n) is 14.5. The maximum atomic E-state index is 13.6. The first-order chi connectivity index (χ1) is 12.0. The van der Waals surface area contributed by atoms with Crippen LogP contribution < -0.4 is 5.32 Å². The highest BCUT2D eigenvalue weighted by molar-refractivity contribution is 5.93. The van der Waals surface area contributed by atoms with Gasteiger partial charge in [-0.3, -0.25) is 14.5 Å².